The largest absolute Gasteiger partial charge is 0.479 e. The molecule has 0 spiro atoms. The first-order valence-corrected chi connectivity index (χ1v) is 5.14. The van der Waals surface area contributed by atoms with Gasteiger partial charge in [0.05, 0.1) is 5.57 Å². The number of hydrogen-bond donors (Lipinski definition) is 3. The molecular formula is C11H15NO4. The molecule has 0 bridgehead atoms. The van der Waals surface area contributed by atoms with E-state index in [0.717, 1.165) is 0 Å². The normalized spacial score (nSPS) is 24.1. The molecule has 0 aliphatic carbocycles. The Morgan fingerprint density at radius 1 is 1.38 bits per heavy atom. The smallest absolute Gasteiger partial charge is 0.334 e. The minimum Gasteiger partial charge on any atom is -0.479 e. The molecule has 0 radical (unpaired) electrons. The quantitative estimate of drug-likeness (QED) is 0.667. The zero-order valence-electron chi connectivity index (χ0n) is 9.28. The molecule has 0 aromatic carbocycles. The first-order chi connectivity index (χ1) is 7.49. The molecule has 0 aromatic heterocycles. The fourth-order valence-electron chi connectivity index (χ4n) is 1.93. The molecule has 1 rings (SSSR count). The van der Waals surface area contributed by atoms with Crippen LogP contribution < -0.4 is 5.32 Å². The number of aliphatic carboxylic acids is 2. The first-order valence-electron chi connectivity index (χ1n) is 5.14. The molecule has 5 nitrogen and oxygen atoms in total. The Hall–Kier alpha value is -1.78. The van der Waals surface area contributed by atoms with Gasteiger partial charge in [-0.25, -0.2) is 9.59 Å². The Labute approximate surface area is 93.5 Å². The molecule has 16 heavy (non-hydrogen) atoms. The number of carbonyl (C=O) groups is 2. The van der Waals surface area contributed by atoms with E-state index in [-0.39, 0.29) is 12.0 Å². The van der Waals surface area contributed by atoms with Crippen molar-refractivity contribution in [1.29, 1.82) is 0 Å². The van der Waals surface area contributed by atoms with Crippen molar-refractivity contribution in [2.45, 2.75) is 32.2 Å². The van der Waals surface area contributed by atoms with Crippen LogP contribution in [0.1, 0.15) is 26.7 Å². The molecule has 1 atom stereocenters. The van der Waals surface area contributed by atoms with Gasteiger partial charge in [0, 0.05) is 0 Å². The molecule has 0 amide bonds. The molecule has 0 fully saturated rings. The van der Waals surface area contributed by atoms with Gasteiger partial charge in [0.1, 0.15) is 0 Å². The highest BCUT2D eigenvalue weighted by atomic mass is 16.4. The molecule has 88 valence electrons. The number of nitrogens with one attached hydrogen (secondary N) is 1. The summed E-state index contributed by atoms with van der Waals surface area (Å²) in [6.07, 6.45) is 3.79. The second-order valence-corrected chi connectivity index (χ2v) is 3.60. The van der Waals surface area contributed by atoms with Gasteiger partial charge in [0.15, 0.2) is 5.54 Å². The minimum absolute atomic E-state index is 0.0625. The van der Waals surface area contributed by atoms with E-state index in [0.29, 0.717) is 12.0 Å². The van der Waals surface area contributed by atoms with Gasteiger partial charge in [-0.1, -0.05) is 13.8 Å². The molecule has 1 heterocycles. The predicted octanol–water partition coefficient (Wildman–Crippen LogP) is 1.13. The molecule has 3 N–H and O–H groups in total. The number of hydrogen-bond acceptors (Lipinski definition) is 3. The summed E-state index contributed by atoms with van der Waals surface area (Å²) in [5.41, 5.74) is -1.02. The standard InChI is InChI=1S/C11H15NO4/c1-3-7-5-6-12-11(4-2,10(15)16)8(7)9(13)14/h5-6,12H,3-4H2,1-2H3,(H,13,14)(H,15,16). The molecule has 1 unspecified atom stereocenters. The summed E-state index contributed by atoms with van der Waals surface area (Å²) in [6.45, 7) is 3.45. The third-order valence-corrected chi connectivity index (χ3v) is 2.85. The van der Waals surface area contributed by atoms with Crippen LogP contribution in [-0.4, -0.2) is 27.7 Å². The summed E-state index contributed by atoms with van der Waals surface area (Å²) in [4.78, 5) is 22.5. The highest BCUT2D eigenvalue weighted by molar-refractivity contribution is 6.01. The SMILES string of the molecule is CCC1=C(C(=O)O)C(CC)(C(=O)O)NC=C1. The summed E-state index contributed by atoms with van der Waals surface area (Å²) in [7, 11) is 0. The van der Waals surface area contributed by atoms with Gasteiger partial charge in [-0.3, -0.25) is 0 Å². The van der Waals surface area contributed by atoms with Crippen LogP contribution in [0.3, 0.4) is 0 Å². The van der Waals surface area contributed by atoms with E-state index in [9.17, 15) is 14.7 Å². The van der Waals surface area contributed by atoms with Gasteiger partial charge in [0.25, 0.3) is 0 Å². The van der Waals surface area contributed by atoms with Crippen molar-refractivity contribution in [3.05, 3.63) is 23.4 Å². The minimum atomic E-state index is -1.51. The maximum absolute atomic E-state index is 11.3. The Morgan fingerprint density at radius 2 is 2.00 bits per heavy atom. The second kappa shape index (κ2) is 4.38. The zero-order valence-corrected chi connectivity index (χ0v) is 9.28. The van der Waals surface area contributed by atoms with Crippen molar-refractivity contribution in [2.75, 3.05) is 0 Å². The lowest BCUT2D eigenvalue weighted by atomic mass is 9.81. The number of carboxylic acid groups (broad SMARTS) is 2. The third kappa shape index (κ3) is 1.68. The summed E-state index contributed by atoms with van der Waals surface area (Å²) < 4.78 is 0. The molecule has 0 saturated carbocycles. The van der Waals surface area contributed by atoms with Crippen LogP contribution in [0.15, 0.2) is 23.4 Å². The highest BCUT2D eigenvalue weighted by Gasteiger charge is 2.45. The van der Waals surface area contributed by atoms with Gasteiger partial charge < -0.3 is 15.5 Å². The molecule has 1 aliphatic heterocycles. The fraction of sp³-hybridized carbons (Fsp3) is 0.455. The van der Waals surface area contributed by atoms with Crippen LogP contribution in [-0.2, 0) is 9.59 Å². The maximum atomic E-state index is 11.3. The topological polar surface area (TPSA) is 86.6 Å². The zero-order chi connectivity index (χ0) is 12.3. The summed E-state index contributed by atoms with van der Waals surface area (Å²) in [6, 6.07) is 0. The van der Waals surface area contributed by atoms with Crippen LogP contribution in [0.5, 0.6) is 0 Å². The second-order valence-electron chi connectivity index (χ2n) is 3.60. The summed E-state index contributed by atoms with van der Waals surface area (Å²) >= 11 is 0. The van der Waals surface area contributed by atoms with E-state index in [2.05, 4.69) is 5.32 Å². The van der Waals surface area contributed by atoms with Crippen molar-refractivity contribution in [3.8, 4) is 0 Å². The molecular weight excluding hydrogens is 210 g/mol. The molecule has 0 saturated heterocycles. The van der Waals surface area contributed by atoms with Crippen LogP contribution >= 0.6 is 0 Å². The van der Waals surface area contributed by atoms with Crippen LogP contribution in [0.4, 0.5) is 0 Å². The Kier molecular flexibility index (Phi) is 3.37. The van der Waals surface area contributed by atoms with Gasteiger partial charge in [0.2, 0.25) is 0 Å². The highest BCUT2D eigenvalue weighted by Crippen LogP contribution is 2.30. The van der Waals surface area contributed by atoms with Crippen molar-refractivity contribution in [2.24, 2.45) is 0 Å². The number of allylic oxidation sites excluding steroid dienone is 2. The predicted molar refractivity (Wildman–Crippen MR) is 57.9 cm³/mol. The Morgan fingerprint density at radius 3 is 2.38 bits per heavy atom. The van der Waals surface area contributed by atoms with Crippen molar-refractivity contribution >= 4 is 11.9 Å². The average molecular weight is 225 g/mol. The fourth-order valence-corrected chi connectivity index (χ4v) is 1.93. The van der Waals surface area contributed by atoms with Crippen LogP contribution in [0.2, 0.25) is 0 Å². The van der Waals surface area contributed by atoms with E-state index in [1.54, 1.807) is 19.9 Å². The van der Waals surface area contributed by atoms with Gasteiger partial charge in [-0.15, -0.1) is 0 Å². The number of carboxylic acids is 2. The monoisotopic (exact) mass is 225 g/mol. The maximum Gasteiger partial charge on any atom is 0.334 e. The lowest BCUT2D eigenvalue weighted by Gasteiger charge is -2.33. The lowest BCUT2D eigenvalue weighted by molar-refractivity contribution is -0.146. The van der Waals surface area contributed by atoms with Gasteiger partial charge >= 0.3 is 11.9 Å². The number of rotatable bonds is 4. The molecule has 0 aromatic rings. The first kappa shape index (κ1) is 12.3. The average Bonchev–Trinajstić information content (AvgIpc) is 2.26. The van der Waals surface area contributed by atoms with Crippen LogP contribution in [0, 0.1) is 0 Å². The Bertz CT molecular complexity index is 383. The summed E-state index contributed by atoms with van der Waals surface area (Å²) in [5.74, 6) is -2.35. The Balaban J connectivity index is 3.41. The molecule has 1 aliphatic rings. The van der Waals surface area contributed by atoms with Crippen molar-refractivity contribution in [3.63, 3.8) is 0 Å². The van der Waals surface area contributed by atoms with Crippen molar-refractivity contribution < 1.29 is 19.8 Å². The van der Waals surface area contributed by atoms with E-state index in [4.69, 9.17) is 5.11 Å². The van der Waals surface area contributed by atoms with Crippen molar-refractivity contribution in [1.82, 2.24) is 5.32 Å². The van der Waals surface area contributed by atoms with Gasteiger partial charge in [-0.2, -0.15) is 0 Å². The third-order valence-electron chi connectivity index (χ3n) is 2.85. The van der Waals surface area contributed by atoms with E-state index in [1.165, 1.54) is 6.20 Å². The lowest BCUT2D eigenvalue weighted by Crippen LogP contribution is -2.54. The van der Waals surface area contributed by atoms with E-state index < -0.39 is 17.5 Å². The van der Waals surface area contributed by atoms with Gasteiger partial charge in [-0.05, 0) is 30.7 Å². The number of dihydropyridines is 1. The van der Waals surface area contributed by atoms with E-state index >= 15 is 0 Å². The van der Waals surface area contributed by atoms with E-state index in [1.807, 2.05) is 0 Å². The summed E-state index contributed by atoms with van der Waals surface area (Å²) in [5, 5.41) is 21.0. The molecule has 5 heteroatoms. The van der Waals surface area contributed by atoms with Crippen LogP contribution in [0.25, 0.3) is 0 Å².